The fourth-order valence-corrected chi connectivity index (χ4v) is 1.29. The van der Waals surface area contributed by atoms with Gasteiger partial charge in [-0.15, -0.1) is 0 Å². The molecule has 0 saturated heterocycles. The van der Waals surface area contributed by atoms with Crippen LogP contribution in [0.15, 0.2) is 36.5 Å². The molecule has 15 heavy (non-hydrogen) atoms. The summed E-state index contributed by atoms with van der Waals surface area (Å²) in [5, 5.41) is 0. The van der Waals surface area contributed by atoms with Crippen LogP contribution in [0.25, 0.3) is 0 Å². The standard InChI is InChI=1S/C12H12N2O/c1-9-12(8-13-10(2)14-9)15-11-6-4-3-5-7-11/h3-8H,1-2H3. The first-order valence-electron chi connectivity index (χ1n) is 4.79. The first-order chi connectivity index (χ1) is 7.25. The van der Waals surface area contributed by atoms with Gasteiger partial charge in [0.05, 0.1) is 11.9 Å². The minimum atomic E-state index is 0.701. The van der Waals surface area contributed by atoms with Gasteiger partial charge < -0.3 is 4.74 Å². The number of nitrogens with zero attached hydrogens (tertiary/aromatic N) is 2. The molecule has 1 aromatic carbocycles. The van der Waals surface area contributed by atoms with Gasteiger partial charge in [-0.1, -0.05) is 18.2 Å². The van der Waals surface area contributed by atoms with Crippen molar-refractivity contribution < 1.29 is 4.74 Å². The zero-order chi connectivity index (χ0) is 10.7. The highest BCUT2D eigenvalue weighted by atomic mass is 16.5. The molecule has 1 heterocycles. The fraction of sp³-hybridized carbons (Fsp3) is 0.167. The van der Waals surface area contributed by atoms with E-state index in [-0.39, 0.29) is 0 Å². The van der Waals surface area contributed by atoms with Crippen LogP contribution in [-0.2, 0) is 0 Å². The molecular weight excluding hydrogens is 188 g/mol. The lowest BCUT2D eigenvalue weighted by Gasteiger charge is -2.07. The number of rotatable bonds is 2. The summed E-state index contributed by atoms with van der Waals surface area (Å²) < 4.78 is 5.64. The summed E-state index contributed by atoms with van der Waals surface area (Å²) in [4.78, 5) is 8.33. The Hall–Kier alpha value is -1.90. The molecule has 2 aromatic rings. The zero-order valence-corrected chi connectivity index (χ0v) is 8.77. The Morgan fingerprint density at radius 3 is 2.47 bits per heavy atom. The van der Waals surface area contributed by atoms with Crippen LogP contribution in [0.1, 0.15) is 11.5 Å². The smallest absolute Gasteiger partial charge is 0.166 e. The molecule has 0 atom stereocenters. The number of ether oxygens (including phenoxy) is 1. The highest BCUT2D eigenvalue weighted by Crippen LogP contribution is 2.22. The third kappa shape index (κ3) is 2.31. The van der Waals surface area contributed by atoms with Crippen LogP contribution < -0.4 is 4.74 Å². The topological polar surface area (TPSA) is 35.0 Å². The second-order valence-corrected chi connectivity index (χ2v) is 3.28. The summed E-state index contributed by atoms with van der Waals surface area (Å²) in [6, 6.07) is 9.61. The van der Waals surface area contributed by atoms with Crippen molar-refractivity contribution in [3.8, 4) is 11.5 Å². The van der Waals surface area contributed by atoms with Crippen molar-refractivity contribution in [1.82, 2.24) is 9.97 Å². The van der Waals surface area contributed by atoms with Crippen molar-refractivity contribution in [3.05, 3.63) is 48.0 Å². The van der Waals surface area contributed by atoms with Crippen LogP contribution in [0.2, 0.25) is 0 Å². The lowest BCUT2D eigenvalue weighted by atomic mass is 10.3. The summed E-state index contributed by atoms with van der Waals surface area (Å²) in [6.07, 6.45) is 1.70. The summed E-state index contributed by atoms with van der Waals surface area (Å²) >= 11 is 0. The fourth-order valence-electron chi connectivity index (χ4n) is 1.29. The maximum absolute atomic E-state index is 5.64. The van der Waals surface area contributed by atoms with E-state index in [1.807, 2.05) is 44.2 Å². The Labute approximate surface area is 88.8 Å². The Balaban J connectivity index is 2.25. The molecule has 3 heteroatoms. The third-order valence-electron chi connectivity index (χ3n) is 2.03. The molecule has 0 bridgehead atoms. The largest absolute Gasteiger partial charge is 0.454 e. The summed E-state index contributed by atoms with van der Waals surface area (Å²) in [6.45, 7) is 3.77. The highest BCUT2D eigenvalue weighted by Gasteiger charge is 2.02. The second kappa shape index (κ2) is 4.09. The first kappa shape index (κ1) is 9.65. The molecule has 2 rings (SSSR count). The van der Waals surface area contributed by atoms with Crippen LogP contribution in [0.4, 0.5) is 0 Å². The Morgan fingerprint density at radius 1 is 1.07 bits per heavy atom. The van der Waals surface area contributed by atoms with Crippen molar-refractivity contribution in [2.24, 2.45) is 0 Å². The molecule has 0 amide bonds. The molecule has 0 aliphatic heterocycles. The number of hydrogen-bond donors (Lipinski definition) is 0. The predicted molar refractivity (Wildman–Crippen MR) is 58.0 cm³/mol. The average Bonchev–Trinajstić information content (AvgIpc) is 2.24. The second-order valence-electron chi connectivity index (χ2n) is 3.28. The lowest BCUT2D eigenvalue weighted by molar-refractivity contribution is 0.472. The molecule has 3 nitrogen and oxygen atoms in total. The Morgan fingerprint density at radius 2 is 1.80 bits per heavy atom. The molecule has 0 radical (unpaired) electrons. The number of aromatic nitrogens is 2. The van der Waals surface area contributed by atoms with Crippen molar-refractivity contribution in [2.45, 2.75) is 13.8 Å². The van der Waals surface area contributed by atoms with Gasteiger partial charge in [-0.25, -0.2) is 9.97 Å². The van der Waals surface area contributed by atoms with Crippen molar-refractivity contribution in [1.29, 1.82) is 0 Å². The van der Waals surface area contributed by atoms with Gasteiger partial charge in [0, 0.05) is 0 Å². The van der Waals surface area contributed by atoms with E-state index in [4.69, 9.17) is 4.74 Å². The maximum Gasteiger partial charge on any atom is 0.166 e. The van der Waals surface area contributed by atoms with Gasteiger partial charge in [-0.2, -0.15) is 0 Å². The number of aryl methyl sites for hydroxylation is 2. The normalized spacial score (nSPS) is 10.0. The highest BCUT2D eigenvalue weighted by molar-refractivity contribution is 5.31. The van der Waals surface area contributed by atoms with Gasteiger partial charge in [0.1, 0.15) is 11.6 Å². The predicted octanol–water partition coefficient (Wildman–Crippen LogP) is 2.89. The maximum atomic E-state index is 5.64. The molecule has 0 unspecified atom stereocenters. The van der Waals surface area contributed by atoms with Crippen LogP contribution in [0.5, 0.6) is 11.5 Å². The SMILES string of the molecule is Cc1ncc(Oc2ccccc2)c(C)n1. The van der Waals surface area contributed by atoms with Crippen LogP contribution in [0, 0.1) is 13.8 Å². The number of benzene rings is 1. The van der Waals surface area contributed by atoms with E-state index >= 15 is 0 Å². The van der Waals surface area contributed by atoms with E-state index < -0.39 is 0 Å². The van der Waals surface area contributed by atoms with Gasteiger partial charge in [0.15, 0.2) is 5.75 Å². The number of hydrogen-bond acceptors (Lipinski definition) is 3. The van der Waals surface area contributed by atoms with Gasteiger partial charge in [-0.05, 0) is 26.0 Å². The summed E-state index contributed by atoms with van der Waals surface area (Å²) in [5.74, 6) is 2.26. The van der Waals surface area contributed by atoms with Crippen LogP contribution in [0.3, 0.4) is 0 Å². The lowest BCUT2D eigenvalue weighted by Crippen LogP contribution is -1.94. The minimum absolute atomic E-state index is 0.701. The van der Waals surface area contributed by atoms with Crippen molar-refractivity contribution in [3.63, 3.8) is 0 Å². The molecule has 0 spiro atoms. The molecule has 0 aliphatic carbocycles. The molecular formula is C12H12N2O. The molecule has 0 fully saturated rings. The minimum Gasteiger partial charge on any atom is -0.454 e. The van der Waals surface area contributed by atoms with E-state index in [0.29, 0.717) is 5.75 Å². The van der Waals surface area contributed by atoms with E-state index in [1.54, 1.807) is 6.20 Å². The van der Waals surface area contributed by atoms with E-state index in [2.05, 4.69) is 9.97 Å². The number of para-hydroxylation sites is 1. The van der Waals surface area contributed by atoms with E-state index in [1.165, 1.54) is 0 Å². The third-order valence-corrected chi connectivity index (χ3v) is 2.03. The molecule has 0 saturated carbocycles. The summed E-state index contributed by atoms with van der Waals surface area (Å²) in [5.41, 5.74) is 0.853. The monoisotopic (exact) mass is 200 g/mol. The summed E-state index contributed by atoms with van der Waals surface area (Å²) in [7, 11) is 0. The molecule has 1 aromatic heterocycles. The van der Waals surface area contributed by atoms with Crippen LogP contribution in [-0.4, -0.2) is 9.97 Å². The Kier molecular flexibility index (Phi) is 2.63. The zero-order valence-electron chi connectivity index (χ0n) is 8.77. The van der Waals surface area contributed by atoms with Gasteiger partial charge >= 0.3 is 0 Å². The van der Waals surface area contributed by atoms with Gasteiger partial charge in [0.25, 0.3) is 0 Å². The van der Waals surface area contributed by atoms with Crippen molar-refractivity contribution >= 4 is 0 Å². The van der Waals surface area contributed by atoms with Crippen LogP contribution >= 0.6 is 0 Å². The van der Waals surface area contributed by atoms with E-state index in [9.17, 15) is 0 Å². The molecule has 0 N–H and O–H groups in total. The first-order valence-corrected chi connectivity index (χ1v) is 4.79. The van der Waals surface area contributed by atoms with Crippen molar-refractivity contribution in [2.75, 3.05) is 0 Å². The average molecular weight is 200 g/mol. The quantitative estimate of drug-likeness (QED) is 0.747. The molecule has 0 aliphatic rings. The molecule has 76 valence electrons. The Bertz CT molecular complexity index is 454. The van der Waals surface area contributed by atoms with Gasteiger partial charge in [-0.3, -0.25) is 0 Å². The van der Waals surface area contributed by atoms with Gasteiger partial charge in [0.2, 0.25) is 0 Å². The van der Waals surface area contributed by atoms with E-state index in [0.717, 1.165) is 17.3 Å².